The molecule has 3 aromatic carbocycles. The van der Waals surface area contributed by atoms with Gasteiger partial charge in [0.05, 0.1) is 12.7 Å². The van der Waals surface area contributed by atoms with Crippen molar-refractivity contribution in [2.75, 3.05) is 7.11 Å². The summed E-state index contributed by atoms with van der Waals surface area (Å²) in [6.07, 6.45) is 3.22. The first-order valence-corrected chi connectivity index (χ1v) is 9.29. The minimum Gasteiger partial charge on any atom is -0.497 e. The molecule has 0 aliphatic heterocycles. The molecule has 0 aliphatic carbocycles. The van der Waals surface area contributed by atoms with Crippen molar-refractivity contribution in [1.82, 2.24) is 0 Å². The Hall–Kier alpha value is -3.18. The Kier molecular flexibility index (Phi) is 6.40. The van der Waals surface area contributed by atoms with Crippen molar-refractivity contribution in [1.29, 1.82) is 0 Å². The van der Waals surface area contributed by atoms with Crippen molar-refractivity contribution >= 4 is 33.8 Å². The number of hydrogen-bond donors (Lipinski definition) is 0. The summed E-state index contributed by atoms with van der Waals surface area (Å²) < 4.78 is 11.1. The van der Waals surface area contributed by atoms with E-state index in [1.807, 2.05) is 6.07 Å². The zero-order valence-electron chi connectivity index (χ0n) is 15.1. The first kappa shape index (κ1) is 19.6. The minimum absolute atomic E-state index is 0.105. The third-order valence-electron chi connectivity index (χ3n) is 3.99. The molecule has 3 aromatic rings. The second kappa shape index (κ2) is 9.15. The molecule has 0 bridgehead atoms. The van der Waals surface area contributed by atoms with Gasteiger partial charge in [-0.15, -0.1) is 0 Å². The summed E-state index contributed by atoms with van der Waals surface area (Å²) >= 11 is 3.33. The van der Waals surface area contributed by atoms with E-state index in [4.69, 9.17) is 9.47 Å². The topological polar surface area (TPSA) is 52.6 Å². The lowest BCUT2D eigenvalue weighted by molar-refractivity contribution is 0.0733. The maximum absolute atomic E-state index is 12.2. The molecule has 0 saturated carbocycles. The number of hydrogen-bond acceptors (Lipinski definition) is 4. The fraction of sp³-hybridized carbons (Fsp3) is 0.0435. The molecule has 0 fully saturated rings. The Bertz CT molecular complexity index is 1010. The van der Waals surface area contributed by atoms with Crippen LogP contribution in [-0.2, 0) is 0 Å². The van der Waals surface area contributed by atoms with Crippen LogP contribution in [0.4, 0.5) is 0 Å². The van der Waals surface area contributed by atoms with Crippen molar-refractivity contribution < 1.29 is 19.1 Å². The lowest BCUT2D eigenvalue weighted by atomic mass is 10.1. The molecule has 0 atom stereocenters. The maximum Gasteiger partial charge on any atom is 0.344 e. The van der Waals surface area contributed by atoms with Crippen molar-refractivity contribution in [3.05, 3.63) is 100 Å². The van der Waals surface area contributed by atoms with Crippen LogP contribution in [-0.4, -0.2) is 18.9 Å². The Labute approximate surface area is 171 Å². The van der Waals surface area contributed by atoms with Gasteiger partial charge in [-0.25, -0.2) is 4.79 Å². The fourth-order valence-electron chi connectivity index (χ4n) is 2.46. The third kappa shape index (κ3) is 4.96. The molecule has 0 saturated heterocycles. The summed E-state index contributed by atoms with van der Waals surface area (Å²) in [5.41, 5.74) is 1.86. The molecule has 28 heavy (non-hydrogen) atoms. The highest BCUT2D eigenvalue weighted by molar-refractivity contribution is 9.10. The summed E-state index contributed by atoms with van der Waals surface area (Å²) in [6, 6.07) is 20.9. The molecule has 0 spiro atoms. The lowest BCUT2D eigenvalue weighted by Gasteiger charge is -2.06. The average molecular weight is 437 g/mol. The molecule has 0 unspecified atom stereocenters. The summed E-state index contributed by atoms with van der Waals surface area (Å²) in [5, 5.41) is 0. The molecule has 0 N–H and O–H groups in total. The van der Waals surface area contributed by atoms with Gasteiger partial charge in [0.15, 0.2) is 5.78 Å². The quantitative estimate of drug-likeness (QED) is 0.219. The van der Waals surface area contributed by atoms with Crippen LogP contribution < -0.4 is 9.47 Å². The number of ether oxygens (including phenoxy) is 2. The van der Waals surface area contributed by atoms with Crippen LogP contribution in [0, 0.1) is 0 Å². The molecular formula is C23H17BrO4. The number of allylic oxidation sites excluding steroid dienone is 1. The Morgan fingerprint density at radius 2 is 1.50 bits per heavy atom. The van der Waals surface area contributed by atoms with Gasteiger partial charge in [0.25, 0.3) is 0 Å². The van der Waals surface area contributed by atoms with Gasteiger partial charge < -0.3 is 9.47 Å². The predicted molar refractivity (Wildman–Crippen MR) is 112 cm³/mol. The van der Waals surface area contributed by atoms with Crippen LogP contribution in [0.2, 0.25) is 0 Å². The third-order valence-corrected chi connectivity index (χ3v) is 4.68. The number of ketones is 1. The van der Waals surface area contributed by atoms with E-state index in [1.165, 1.54) is 6.08 Å². The molecule has 0 radical (unpaired) electrons. The van der Waals surface area contributed by atoms with Crippen LogP contribution in [0.1, 0.15) is 26.3 Å². The highest BCUT2D eigenvalue weighted by Crippen LogP contribution is 2.20. The van der Waals surface area contributed by atoms with Gasteiger partial charge in [0, 0.05) is 10.0 Å². The summed E-state index contributed by atoms with van der Waals surface area (Å²) in [7, 11) is 1.58. The zero-order chi connectivity index (χ0) is 19.9. The van der Waals surface area contributed by atoms with Gasteiger partial charge in [-0.1, -0.05) is 30.3 Å². The van der Waals surface area contributed by atoms with Gasteiger partial charge in [-0.2, -0.15) is 0 Å². The summed E-state index contributed by atoms with van der Waals surface area (Å²) in [4.78, 5) is 24.4. The SMILES string of the molecule is COc1ccc(C(=O)/C=C/c2ccc(OC(=O)c3ccccc3Br)cc2)cc1. The summed E-state index contributed by atoms with van der Waals surface area (Å²) in [6.45, 7) is 0. The number of benzene rings is 3. The van der Waals surface area contributed by atoms with Crippen LogP contribution in [0.5, 0.6) is 11.5 Å². The molecule has 140 valence electrons. The Morgan fingerprint density at radius 3 is 2.14 bits per heavy atom. The normalized spacial score (nSPS) is 10.6. The number of esters is 1. The molecule has 0 aromatic heterocycles. The molecule has 0 amide bonds. The van der Waals surface area contributed by atoms with Gasteiger partial charge in [-0.05, 0) is 76.1 Å². The smallest absolute Gasteiger partial charge is 0.344 e. The van der Waals surface area contributed by atoms with Gasteiger partial charge in [0.2, 0.25) is 0 Å². The van der Waals surface area contributed by atoms with Crippen LogP contribution >= 0.6 is 15.9 Å². The second-order valence-corrected chi connectivity index (χ2v) is 6.72. The predicted octanol–water partition coefficient (Wildman–Crippen LogP) is 5.57. The molecule has 0 aliphatic rings. The van der Waals surface area contributed by atoms with E-state index >= 15 is 0 Å². The fourth-order valence-corrected chi connectivity index (χ4v) is 2.91. The standard InChI is InChI=1S/C23H17BrO4/c1-27-18-13-9-17(10-14-18)22(25)15-8-16-6-11-19(12-7-16)28-23(26)20-4-2-3-5-21(20)24/h2-15H,1H3/b15-8+. The first-order valence-electron chi connectivity index (χ1n) is 8.50. The van der Waals surface area contributed by atoms with E-state index in [0.717, 1.165) is 5.56 Å². The number of halogens is 1. The van der Waals surface area contributed by atoms with E-state index in [9.17, 15) is 9.59 Å². The van der Waals surface area contributed by atoms with Crippen molar-refractivity contribution in [3.8, 4) is 11.5 Å². The van der Waals surface area contributed by atoms with Crippen molar-refractivity contribution in [3.63, 3.8) is 0 Å². The lowest BCUT2D eigenvalue weighted by Crippen LogP contribution is -2.09. The molecule has 5 heteroatoms. The van der Waals surface area contributed by atoms with E-state index in [-0.39, 0.29) is 5.78 Å². The van der Waals surface area contributed by atoms with Gasteiger partial charge in [0.1, 0.15) is 11.5 Å². The molecule has 4 nitrogen and oxygen atoms in total. The van der Waals surface area contributed by atoms with Crippen LogP contribution in [0.3, 0.4) is 0 Å². The number of methoxy groups -OCH3 is 1. The highest BCUT2D eigenvalue weighted by Gasteiger charge is 2.11. The van der Waals surface area contributed by atoms with Gasteiger partial charge >= 0.3 is 5.97 Å². The van der Waals surface area contributed by atoms with Crippen molar-refractivity contribution in [2.45, 2.75) is 0 Å². The highest BCUT2D eigenvalue weighted by atomic mass is 79.9. The Balaban J connectivity index is 1.63. The molecular weight excluding hydrogens is 420 g/mol. The molecule has 0 heterocycles. The zero-order valence-corrected chi connectivity index (χ0v) is 16.7. The second-order valence-electron chi connectivity index (χ2n) is 5.86. The van der Waals surface area contributed by atoms with E-state index in [0.29, 0.717) is 27.1 Å². The van der Waals surface area contributed by atoms with Crippen LogP contribution in [0.15, 0.2) is 83.3 Å². The Morgan fingerprint density at radius 1 is 0.857 bits per heavy atom. The van der Waals surface area contributed by atoms with E-state index in [2.05, 4.69) is 15.9 Å². The van der Waals surface area contributed by atoms with Gasteiger partial charge in [-0.3, -0.25) is 4.79 Å². The van der Waals surface area contributed by atoms with E-state index in [1.54, 1.807) is 79.9 Å². The average Bonchev–Trinajstić information content (AvgIpc) is 2.73. The number of carbonyl (C=O) groups excluding carboxylic acids is 2. The van der Waals surface area contributed by atoms with Crippen molar-refractivity contribution in [2.24, 2.45) is 0 Å². The number of carbonyl (C=O) groups is 2. The maximum atomic E-state index is 12.2. The molecule has 3 rings (SSSR count). The number of rotatable bonds is 6. The monoisotopic (exact) mass is 436 g/mol. The first-order chi connectivity index (χ1) is 13.6. The van der Waals surface area contributed by atoms with E-state index < -0.39 is 5.97 Å². The van der Waals surface area contributed by atoms with Crippen LogP contribution in [0.25, 0.3) is 6.08 Å². The summed E-state index contributed by atoms with van der Waals surface area (Å²) in [5.74, 6) is 0.588. The minimum atomic E-state index is -0.439. The largest absolute Gasteiger partial charge is 0.497 e.